The van der Waals surface area contributed by atoms with Gasteiger partial charge in [0.25, 0.3) is 0 Å². The van der Waals surface area contributed by atoms with Gasteiger partial charge in [-0.05, 0) is 69.4 Å². The molecule has 0 aliphatic heterocycles. The smallest absolute Gasteiger partial charge is 0.164 e. The van der Waals surface area contributed by atoms with Gasteiger partial charge in [0.05, 0.1) is 19.3 Å². The molecule has 10 aromatic rings. The minimum Gasteiger partial charge on any atom is -0.309 e. The largest absolute Gasteiger partial charge is 0.309 e. The van der Waals surface area contributed by atoms with E-state index in [0.29, 0.717) is 34.2 Å². The van der Waals surface area contributed by atoms with Crippen LogP contribution in [0.1, 0.15) is 8.22 Å². The fourth-order valence-electron chi connectivity index (χ4n) is 7.14. The molecule has 0 aliphatic carbocycles. The molecule has 4 heteroatoms. The number of hydrogen-bond acceptors (Lipinski definition) is 3. The van der Waals surface area contributed by atoms with E-state index in [9.17, 15) is 0 Å². The Morgan fingerprint density at radius 2 is 0.830 bits per heavy atom. The standard InChI is InChI=1S/C49H32N4/c1-4-16-33(17-5-1)36-30-37(32-38(31-36)53-45-26-14-12-24-42(45)43-25-13-15-27-46(43)53)39-28-29-44(41-23-11-10-22-40(39)41)49-51-47(34-18-6-2-7-19-34)50-48(52-49)35-20-8-3-9-21-35/h1-32H/i12D,13D,24D,25D,26D,27D. The van der Waals surface area contributed by atoms with E-state index in [1.807, 2.05) is 121 Å². The van der Waals surface area contributed by atoms with E-state index in [0.717, 1.165) is 49.7 Å². The maximum Gasteiger partial charge on any atom is 0.164 e. The molecule has 0 unspecified atom stereocenters. The second-order valence-corrected chi connectivity index (χ2v) is 12.8. The second kappa shape index (κ2) is 12.9. The number of para-hydroxylation sites is 2. The highest BCUT2D eigenvalue weighted by Crippen LogP contribution is 2.40. The molecule has 2 heterocycles. The quantitative estimate of drug-likeness (QED) is 0.175. The predicted molar refractivity (Wildman–Crippen MR) is 219 cm³/mol. The molecule has 4 nitrogen and oxygen atoms in total. The Morgan fingerprint density at radius 1 is 0.358 bits per heavy atom. The number of benzene rings is 8. The third-order valence-corrected chi connectivity index (χ3v) is 9.59. The minimum atomic E-state index is -0.155. The van der Waals surface area contributed by atoms with Gasteiger partial charge < -0.3 is 4.57 Å². The first-order valence-corrected chi connectivity index (χ1v) is 17.4. The fraction of sp³-hybridized carbons (Fsp3) is 0. The Kier molecular flexibility index (Phi) is 6.04. The Balaban J connectivity index is 1.24. The number of rotatable bonds is 6. The van der Waals surface area contributed by atoms with Gasteiger partial charge in [0, 0.05) is 33.2 Å². The third kappa shape index (κ3) is 5.45. The molecule has 0 radical (unpaired) electrons. The van der Waals surface area contributed by atoms with Crippen molar-refractivity contribution in [2.24, 2.45) is 0 Å². The van der Waals surface area contributed by atoms with Crippen molar-refractivity contribution < 1.29 is 8.22 Å². The van der Waals surface area contributed by atoms with Crippen LogP contribution in [0.25, 0.3) is 94.7 Å². The van der Waals surface area contributed by atoms with Crippen LogP contribution in [0.4, 0.5) is 0 Å². The van der Waals surface area contributed by atoms with E-state index < -0.39 is 0 Å². The van der Waals surface area contributed by atoms with Gasteiger partial charge in [-0.1, -0.05) is 158 Å². The molecular formula is C49H32N4. The zero-order chi connectivity index (χ0) is 40.4. The first-order valence-electron chi connectivity index (χ1n) is 20.4. The highest BCUT2D eigenvalue weighted by Gasteiger charge is 2.18. The molecule has 248 valence electrons. The third-order valence-electron chi connectivity index (χ3n) is 9.59. The van der Waals surface area contributed by atoms with Crippen molar-refractivity contribution in [1.82, 2.24) is 19.5 Å². The zero-order valence-electron chi connectivity index (χ0n) is 34.3. The van der Waals surface area contributed by atoms with Crippen molar-refractivity contribution >= 4 is 32.6 Å². The highest BCUT2D eigenvalue weighted by molar-refractivity contribution is 6.10. The van der Waals surface area contributed by atoms with E-state index in [4.69, 9.17) is 23.2 Å². The maximum atomic E-state index is 9.10. The number of nitrogens with zero attached hydrogens (tertiary/aromatic N) is 4. The lowest BCUT2D eigenvalue weighted by Crippen LogP contribution is -2.01. The van der Waals surface area contributed by atoms with Crippen molar-refractivity contribution in [3.05, 3.63) is 194 Å². The predicted octanol–water partition coefficient (Wildman–Crippen LogP) is 12.5. The van der Waals surface area contributed by atoms with Gasteiger partial charge in [0.2, 0.25) is 0 Å². The molecule has 0 aliphatic rings. The monoisotopic (exact) mass is 682 g/mol. The second-order valence-electron chi connectivity index (χ2n) is 12.8. The molecule has 0 bridgehead atoms. The Morgan fingerprint density at radius 3 is 1.42 bits per heavy atom. The van der Waals surface area contributed by atoms with Crippen molar-refractivity contribution in [2.45, 2.75) is 0 Å². The summed E-state index contributed by atoms with van der Waals surface area (Å²) < 4.78 is 54.8. The Labute approximate surface area is 315 Å². The number of fused-ring (bicyclic) bond motifs is 4. The van der Waals surface area contributed by atoms with E-state index >= 15 is 0 Å². The van der Waals surface area contributed by atoms with Crippen LogP contribution in [-0.4, -0.2) is 19.5 Å². The average molecular weight is 683 g/mol. The topological polar surface area (TPSA) is 43.6 Å². The van der Waals surface area contributed by atoms with E-state index in [2.05, 4.69) is 24.3 Å². The van der Waals surface area contributed by atoms with Gasteiger partial charge in [-0.3, -0.25) is 0 Å². The first kappa shape index (κ1) is 24.9. The summed E-state index contributed by atoms with van der Waals surface area (Å²) in [7, 11) is 0. The molecule has 0 spiro atoms. The average Bonchev–Trinajstić information content (AvgIpc) is 3.66. The van der Waals surface area contributed by atoms with Gasteiger partial charge in [-0.25, -0.2) is 15.0 Å². The van der Waals surface area contributed by atoms with Crippen LogP contribution in [0.2, 0.25) is 0 Å². The maximum absolute atomic E-state index is 9.10. The number of aromatic nitrogens is 4. The van der Waals surface area contributed by atoms with Crippen LogP contribution in [0, 0.1) is 0 Å². The normalized spacial score (nSPS) is 13.0. The lowest BCUT2D eigenvalue weighted by atomic mass is 9.92. The van der Waals surface area contributed by atoms with Gasteiger partial charge >= 0.3 is 0 Å². The summed E-state index contributed by atoms with van der Waals surface area (Å²) in [6.07, 6.45) is 0. The van der Waals surface area contributed by atoms with Crippen LogP contribution in [0.15, 0.2) is 194 Å². The molecule has 0 atom stereocenters. The SMILES string of the molecule is [2H]c1cc([2H])c2c(c1[2H])c1c([2H])c([2H])cc([2H])c1n2-c1cc(-c2ccccc2)cc(-c2ccc(-c3nc(-c4ccccc4)nc(-c4ccccc4)n3)c3ccccc23)c1. The Bertz CT molecular complexity index is 3150. The van der Waals surface area contributed by atoms with Gasteiger partial charge in [0.1, 0.15) is 0 Å². The lowest BCUT2D eigenvalue weighted by molar-refractivity contribution is 1.08. The molecule has 2 aromatic heterocycles. The summed E-state index contributed by atoms with van der Waals surface area (Å²) in [6, 6.07) is 50.1. The van der Waals surface area contributed by atoms with Crippen LogP contribution in [0.5, 0.6) is 0 Å². The van der Waals surface area contributed by atoms with Crippen molar-refractivity contribution in [2.75, 3.05) is 0 Å². The number of hydrogen-bond donors (Lipinski definition) is 0. The summed E-state index contributed by atoms with van der Waals surface area (Å²) in [5.74, 6) is 1.67. The van der Waals surface area contributed by atoms with Crippen LogP contribution in [-0.2, 0) is 0 Å². The van der Waals surface area contributed by atoms with E-state index in [-0.39, 0.29) is 47.0 Å². The summed E-state index contributed by atoms with van der Waals surface area (Å²) >= 11 is 0. The molecule has 0 fully saturated rings. The summed E-state index contributed by atoms with van der Waals surface area (Å²) in [5, 5.41) is 2.32. The van der Waals surface area contributed by atoms with Crippen molar-refractivity contribution in [3.63, 3.8) is 0 Å². The summed E-state index contributed by atoms with van der Waals surface area (Å²) in [6.45, 7) is 0. The first-order chi connectivity index (χ1) is 28.7. The summed E-state index contributed by atoms with van der Waals surface area (Å²) in [4.78, 5) is 15.0. The molecular weight excluding hydrogens is 645 g/mol. The molecule has 10 rings (SSSR count). The van der Waals surface area contributed by atoms with Crippen LogP contribution >= 0.6 is 0 Å². The van der Waals surface area contributed by atoms with E-state index in [1.54, 1.807) is 4.57 Å². The van der Waals surface area contributed by atoms with Crippen LogP contribution < -0.4 is 0 Å². The minimum absolute atomic E-state index is 0.00825. The van der Waals surface area contributed by atoms with Gasteiger partial charge in [-0.2, -0.15) is 0 Å². The van der Waals surface area contributed by atoms with Crippen LogP contribution in [0.3, 0.4) is 0 Å². The molecule has 0 N–H and O–H groups in total. The molecule has 8 aromatic carbocycles. The van der Waals surface area contributed by atoms with Crippen molar-refractivity contribution in [3.8, 4) is 62.1 Å². The van der Waals surface area contributed by atoms with Crippen molar-refractivity contribution in [1.29, 1.82) is 0 Å². The van der Waals surface area contributed by atoms with Gasteiger partial charge in [0.15, 0.2) is 17.5 Å². The lowest BCUT2D eigenvalue weighted by Gasteiger charge is -2.16. The fourth-order valence-corrected chi connectivity index (χ4v) is 7.14. The molecule has 0 amide bonds. The summed E-state index contributed by atoms with van der Waals surface area (Å²) in [5.41, 5.74) is 7.43. The molecule has 0 saturated heterocycles. The Hall–Kier alpha value is -7.17. The van der Waals surface area contributed by atoms with E-state index in [1.165, 1.54) is 12.1 Å². The zero-order valence-corrected chi connectivity index (χ0v) is 28.3. The highest BCUT2D eigenvalue weighted by atomic mass is 15.0. The molecule has 53 heavy (non-hydrogen) atoms. The molecule has 0 saturated carbocycles. The van der Waals surface area contributed by atoms with Gasteiger partial charge in [-0.15, -0.1) is 0 Å².